The van der Waals surface area contributed by atoms with Crippen molar-refractivity contribution in [2.24, 2.45) is 0 Å². The zero-order valence-corrected chi connectivity index (χ0v) is 12.2. The van der Waals surface area contributed by atoms with E-state index in [0.29, 0.717) is 5.69 Å². The summed E-state index contributed by atoms with van der Waals surface area (Å²) in [5.74, 6) is 0.366. The molecule has 0 unspecified atom stereocenters. The van der Waals surface area contributed by atoms with Gasteiger partial charge in [-0.2, -0.15) is 0 Å². The molecule has 0 heterocycles. The van der Waals surface area contributed by atoms with Gasteiger partial charge in [0.05, 0.1) is 24.2 Å². The number of hydrogen-bond acceptors (Lipinski definition) is 3. The average Bonchev–Trinajstić information content (AvgIpc) is 2.38. The minimum absolute atomic E-state index is 0.351. The van der Waals surface area contributed by atoms with Crippen molar-refractivity contribution in [2.75, 3.05) is 24.8 Å². The first-order valence-electron chi connectivity index (χ1n) is 5.65. The molecule has 5 heteroatoms. The van der Waals surface area contributed by atoms with Crippen molar-refractivity contribution in [2.45, 2.75) is 0 Å². The van der Waals surface area contributed by atoms with Crippen LogP contribution in [0.4, 0.5) is 21.5 Å². The fraction of sp³-hybridized carbons (Fsp3) is 0.143. The highest BCUT2D eigenvalue weighted by atomic mass is 79.9. The molecule has 0 aromatic heterocycles. The first kappa shape index (κ1) is 13.7. The summed E-state index contributed by atoms with van der Waals surface area (Å²) in [7, 11) is 3.46. The number of nitrogens with two attached hydrogens (primary N) is 1. The highest BCUT2D eigenvalue weighted by molar-refractivity contribution is 9.10. The van der Waals surface area contributed by atoms with E-state index in [4.69, 9.17) is 10.5 Å². The lowest BCUT2D eigenvalue weighted by atomic mass is 10.2. The number of nitrogens with zero attached hydrogens (tertiary/aromatic N) is 1. The first-order valence-corrected chi connectivity index (χ1v) is 6.44. The molecule has 0 saturated carbocycles. The lowest BCUT2D eigenvalue weighted by Gasteiger charge is -2.23. The number of hydrogen-bond donors (Lipinski definition) is 1. The van der Waals surface area contributed by atoms with Crippen LogP contribution in [0.2, 0.25) is 0 Å². The lowest BCUT2D eigenvalue weighted by molar-refractivity contribution is 0.415. The van der Waals surface area contributed by atoms with E-state index in [1.54, 1.807) is 13.2 Å². The number of rotatable bonds is 3. The molecule has 2 N–H and O–H groups in total. The number of methoxy groups -OCH3 is 1. The Balaban J connectivity index is 2.49. The van der Waals surface area contributed by atoms with Crippen LogP contribution in [0.15, 0.2) is 40.9 Å². The van der Waals surface area contributed by atoms with Crippen LogP contribution in [0.3, 0.4) is 0 Å². The monoisotopic (exact) mass is 324 g/mol. The second-order valence-electron chi connectivity index (χ2n) is 4.08. The molecule has 2 rings (SSSR count). The average molecular weight is 325 g/mol. The minimum Gasteiger partial charge on any atom is -0.495 e. The van der Waals surface area contributed by atoms with Gasteiger partial charge in [0.2, 0.25) is 0 Å². The molecular formula is C14H14BrFN2O. The van der Waals surface area contributed by atoms with E-state index in [9.17, 15) is 4.39 Å². The SMILES string of the molecule is COc1ccc(Br)cc1N(C)c1ccc(F)cc1N. The molecule has 0 aliphatic heterocycles. The van der Waals surface area contributed by atoms with E-state index < -0.39 is 0 Å². The normalized spacial score (nSPS) is 10.3. The molecule has 3 nitrogen and oxygen atoms in total. The standard InChI is InChI=1S/C14H14BrFN2O/c1-18(12-5-4-10(16)8-11(12)17)13-7-9(15)3-6-14(13)19-2/h3-8H,17H2,1-2H3. The van der Waals surface area contributed by atoms with Crippen LogP contribution >= 0.6 is 15.9 Å². The Bertz CT molecular complexity index is 604. The third-order valence-electron chi connectivity index (χ3n) is 2.85. The lowest BCUT2D eigenvalue weighted by Crippen LogP contribution is -2.13. The molecule has 0 fully saturated rings. The molecule has 0 saturated heterocycles. The summed E-state index contributed by atoms with van der Waals surface area (Å²) in [5, 5.41) is 0. The van der Waals surface area contributed by atoms with Crippen LogP contribution in [0.1, 0.15) is 0 Å². The highest BCUT2D eigenvalue weighted by Gasteiger charge is 2.13. The van der Waals surface area contributed by atoms with E-state index in [2.05, 4.69) is 15.9 Å². The van der Waals surface area contributed by atoms with Crippen molar-refractivity contribution in [1.82, 2.24) is 0 Å². The second kappa shape index (κ2) is 5.48. The van der Waals surface area contributed by atoms with Crippen molar-refractivity contribution in [1.29, 1.82) is 0 Å². The Hall–Kier alpha value is -1.75. The van der Waals surface area contributed by atoms with Gasteiger partial charge in [0.1, 0.15) is 11.6 Å². The van der Waals surface area contributed by atoms with Gasteiger partial charge >= 0.3 is 0 Å². The van der Waals surface area contributed by atoms with Crippen molar-refractivity contribution >= 4 is 33.0 Å². The number of halogens is 2. The summed E-state index contributed by atoms with van der Waals surface area (Å²) in [5.41, 5.74) is 7.80. The topological polar surface area (TPSA) is 38.5 Å². The van der Waals surface area contributed by atoms with Crippen molar-refractivity contribution in [3.05, 3.63) is 46.7 Å². The van der Waals surface area contributed by atoms with E-state index >= 15 is 0 Å². The third kappa shape index (κ3) is 2.81. The van der Waals surface area contributed by atoms with Crippen molar-refractivity contribution in [3.63, 3.8) is 0 Å². The Labute approximate surface area is 119 Å². The van der Waals surface area contributed by atoms with Crippen LogP contribution in [0.25, 0.3) is 0 Å². The van der Waals surface area contributed by atoms with Gasteiger partial charge in [-0.1, -0.05) is 15.9 Å². The maximum absolute atomic E-state index is 13.1. The molecule has 0 amide bonds. The maximum Gasteiger partial charge on any atom is 0.142 e. The Morgan fingerprint density at radius 3 is 2.53 bits per heavy atom. The van der Waals surface area contributed by atoms with Gasteiger partial charge in [0.25, 0.3) is 0 Å². The van der Waals surface area contributed by atoms with Gasteiger partial charge in [0, 0.05) is 11.5 Å². The molecular weight excluding hydrogens is 311 g/mol. The van der Waals surface area contributed by atoms with E-state index in [-0.39, 0.29) is 5.82 Å². The fourth-order valence-corrected chi connectivity index (χ4v) is 2.23. The Morgan fingerprint density at radius 2 is 1.89 bits per heavy atom. The summed E-state index contributed by atoms with van der Waals surface area (Å²) in [6.45, 7) is 0. The van der Waals surface area contributed by atoms with Crippen molar-refractivity contribution < 1.29 is 9.13 Å². The number of anilines is 3. The molecule has 100 valence electrons. The maximum atomic E-state index is 13.1. The molecule has 19 heavy (non-hydrogen) atoms. The number of ether oxygens (including phenoxy) is 1. The summed E-state index contributed by atoms with van der Waals surface area (Å²) < 4.78 is 19.3. The molecule has 0 atom stereocenters. The minimum atomic E-state index is -0.351. The van der Waals surface area contributed by atoms with Gasteiger partial charge in [-0.15, -0.1) is 0 Å². The molecule has 0 radical (unpaired) electrons. The highest BCUT2D eigenvalue weighted by Crippen LogP contribution is 2.37. The largest absolute Gasteiger partial charge is 0.495 e. The van der Waals surface area contributed by atoms with Crippen LogP contribution in [-0.2, 0) is 0 Å². The van der Waals surface area contributed by atoms with Crippen LogP contribution in [-0.4, -0.2) is 14.2 Å². The van der Waals surface area contributed by atoms with Crippen LogP contribution in [0.5, 0.6) is 5.75 Å². The van der Waals surface area contributed by atoms with Gasteiger partial charge < -0.3 is 15.4 Å². The van der Waals surface area contributed by atoms with Gasteiger partial charge in [-0.05, 0) is 36.4 Å². The quantitative estimate of drug-likeness (QED) is 0.869. The predicted octanol–water partition coefficient (Wildman–Crippen LogP) is 3.95. The summed E-state index contributed by atoms with van der Waals surface area (Å²) in [4.78, 5) is 1.86. The van der Waals surface area contributed by atoms with Crippen LogP contribution < -0.4 is 15.4 Å². The predicted molar refractivity (Wildman–Crippen MR) is 79.6 cm³/mol. The zero-order chi connectivity index (χ0) is 14.0. The summed E-state index contributed by atoms with van der Waals surface area (Å²) >= 11 is 3.42. The molecule has 0 aliphatic rings. The van der Waals surface area contributed by atoms with E-state index in [0.717, 1.165) is 21.6 Å². The van der Waals surface area contributed by atoms with Crippen LogP contribution in [0, 0.1) is 5.82 Å². The zero-order valence-electron chi connectivity index (χ0n) is 10.7. The Kier molecular flexibility index (Phi) is 3.95. The third-order valence-corrected chi connectivity index (χ3v) is 3.35. The number of nitrogen functional groups attached to an aromatic ring is 1. The molecule has 2 aromatic rings. The first-order chi connectivity index (χ1) is 9.02. The molecule has 0 spiro atoms. The summed E-state index contributed by atoms with van der Waals surface area (Å²) in [6, 6.07) is 10.00. The second-order valence-corrected chi connectivity index (χ2v) is 4.99. The fourth-order valence-electron chi connectivity index (χ4n) is 1.89. The number of benzene rings is 2. The van der Waals surface area contributed by atoms with Crippen molar-refractivity contribution in [3.8, 4) is 5.75 Å². The molecule has 0 aliphatic carbocycles. The summed E-state index contributed by atoms with van der Waals surface area (Å²) in [6.07, 6.45) is 0. The van der Waals surface area contributed by atoms with E-state index in [1.807, 2.05) is 30.1 Å². The molecule has 0 bridgehead atoms. The van der Waals surface area contributed by atoms with Gasteiger partial charge in [0.15, 0.2) is 0 Å². The Morgan fingerprint density at radius 1 is 1.16 bits per heavy atom. The van der Waals surface area contributed by atoms with E-state index in [1.165, 1.54) is 12.1 Å². The smallest absolute Gasteiger partial charge is 0.142 e. The molecule has 2 aromatic carbocycles. The van der Waals surface area contributed by atoms with Gasteiger partial charge in [-0.25, -0.2) is 4.39 Å². The van der Waals surface area contributed by atoms with Gasteiger partial charge in [-0.3, -0.25) is 0 Å².